The summed E-state index contributed by atoms with van der Waals surface area (Å²) in [5.74, 6) is 0. The zero-order valence-corrected chi connectivity index (χ0v) is 9.65. The summed E-state index contributed by atoms with van der Waals surface area (Å²) in [6.45, 7) is 2.93. The monoisotopic (exact) mass is 265 g/mol. The molecule has 5 heteroatoms. The molecule has 0 N–H and O–H groups in total. The van der Waals surface area contributed by atoms with Crippen molar-refractivity contribution in [3.05, 3.63) is 16.1 Å². The summed E-state index contributed by atoms with van der Waals surface area (Å²) >= 11 is 4.49. The van der Waals surface area contributed by atoms with Gasteiger partial charge < -0.3 is 0 Å². The van der Waals surface area contributed by atoms with Crippen LogP contribution in [0.1, 0.15) is 34.2 Å². The van der Waals surface area contributed by atoms with Gasteiger partial charge in [0, 0.05) is 5.38 Å². The van der Waals surface area contributed by atoms with Gasteiger partial charge in [-0.1, -0.05) is 15.9 Å². The Hall–Kier alpha value is -0.290. The highest BCUT2D eigenvalue weighted by Crippen LogP contribution is 2.37. The van der Waals surface area contributed by atoms with Crippen LogP contribution in [-0.2, 0) is 0 Å². The van der Waals surface area contributed by atoms with Gasteiger partial charge in [-0.05, 0) is 13.8 Å². The predicted molar refractivity (Wildman–Crippen MR) is 54.4 cm³/mol. The van der Waals surface area contributed by atoms with Crippen molar-refractivity contribution < 1.29 is 9.18 Å². The molecule has 1 atom stereocenters. The number of thiazole rings is 1. The molecule has 0 aliphatic heterocycles. The highest BCUT2D eigenvalue weighted by Gasteiger charge is 2.30. The number of alkyl halides is 2. The standard InChI is InChI=1S/C8H9BrFNOS/c1-8(2,10)6(9)7-11-5(3-12)4-13-7/h3-4,6H,1-2H3. The van der Waals surface area contributed by atoms with Crippen molar-refractivity contribution in [3.63, 3.8) is 0 Å². The van der Waals surface area contributed by atoms with Crippen LogP contribution in [0.4, 0.5) is 4.39 Å². The molecule has 0 amide bonds. The van der Waals surface area contributed by atoms with Gasteiger partial charge in [0.15, 0.2) is 6.29 Å². The molecule has 1 rings (SSSR count). The van der Waals surface area contributed by atoms with E-state index in [1.54, 1.807) is 5.38 Å². The van der Waals surface area contributed by atoms with E-state index in [4.69, 9.17) is 0 Å². The highest BCUT2D eigenvalue weighted by molar-refractivity contribution is 9.09. The van der Waals surface area contributed by atoms with Crippen LogP contribution in [0.15, 0.2) is 5.38 Å². The number of nitrogens with zero attached hydrogens (tertiary/aromatic N) is 1. The quantitative estimate of drug-likeness (QED) is 0.621. The second-order valence-electron chi connectivity index (χ2n) is 3.16. The van der Waals surface area contributed by atoms with Crippen LogP contribution in [0.3, 0.4) is 0 Å². The molecule has 72 valence electrons. The molecule has 0 aliphatic carbocycles. The highest BCUT2D eigenvalue weighted by atomic mass is 79.9. The van der Waals surface area contributed by atoms with Crippen molar-refractivity contribution in [2.75, 3.05) is 0 Å². The molecule has 0 fully saturated rings. The van der Waals surface area contributed by atoms with Crippen LogP contribution in [-0.4, -0.2) is 16.9 Å². The summed E-state index contributed by atoms with van der Waals surface area (Å²) < 4.78 is 13.4. The molecular formula is C8H9BrFNOS. The fourth-order valence-electron chi connectivity index (χ4n) is 0.765. The number of halogens is 2. The zero-order chi connectivity index (χ0) is 10.1. The van der Waals surface area contributed by atoms with E-state index in [9.17, 15) is 9.18 Å². The molecule has 1 aromatic rings. The minimum Gasteiger partial charge on any atom is -0.296 e. The van der Waals surface area contributed by atoms with Crippen LogP contribution >= 0.6 is 27.3 Å². The topological polar surface area (TPSA) is 30.0 Å². The summed E-state index contributed by atoms with van der Waals surface area (Å²) in [4.78, 5) is 13.8. The van der Waals surface area contributed by atoms with E-state index in [1.807, 2.05) is 0 Å². The van der Waals surface area contributed by atoms with Gasteiger partial charge in [-0.3, -0.25) is 4.79 Å². The van der Waals surface area contributed by atoms with Gasteiger partial charge in [0.05, 0.1) is 4.83 Å². The minimum atomic E-state index is -1.38. The third kappa shape index (κ3) is 2.57. The number of carbonyl (C=O) groups excluding carboxylic acids is 1. The number of aromatic nitrogens is 1. The molecule has 0 radical (unpaired) electrons. The van der Waals surface area contributed by atoms with Crippen molar-refractivity contribution in [1.82, 2.24) is 4.98 Å². The third-order valence-electron chi connectivity index (χ3n) is 1.48. The van der Waals surface area contributed by atoms with Gasteiger partial charge in [-0.15, -0.1) is 11.3 Å². The first kappa shape index (κ1) is 10.8. The van der Waals surface area contributed by atoms with Crippen molar-refractivity contribution in [2.24, 2.45) is 0 Å². The van der Waals surface area contributed by atoms with Gasteiger partial charge in [-0.2, -0.15) is 0 Å². The van der Waals surface area contributed by atoms with Crippen LogP contribution < -0.4 is 0 Å². The summed E-state index contributed by atoms with van der Waals surface area (Å²) in [7, 11) is 0. The van der Waals surface area contributed by atoms with Crippen molar-refractivity contribution in [1.29, 1.82) is 0 Å². The number of carbonyl (C=O) groups is 1. The lowest BCUT2D eigenvalue weighted by Crippen LogP contribution is -2.18. The van der Waals surface area contributed by atoms with E-state index in [0.29, 0.717) is 17.0 Å². The summed E-state index contributed by atoms with van der Waals surface area (Å²) in [6, 6.07) is 0. The summed E-state index contributed by atoms with van der Waals surface area (Å²) in [5.41, 5.74) is -1.02. The number of hydrogen-bond donors (Lipinski definition) is 0. The lowest BCUT2D eigenvalue weighted by Gasteiger charge is -2.18. The molecule has 2 nitrogen and oxygen atoms in total. The van der Waals surface area contributed by atoms with Gasteiger partial charge in [0.1, 0.15) is 16.4 Å². The van der Waals surface area contributed by atoms with Crippen LogP contribution in [0.25, 0.3) is 0 Å². The summed E-state index contributed by atoms with van der Waals surface area (Å²) in [6.07, 6.45) is 0.658. The molecule has 0 bridgehead atoms. The first-order chi connectivity index (χ1) is 5.95. The second kappa shape index (κ2) is 3.84. The van der Waals surface area contributed by atoms with E-state index in [1.165, 1.54) is 25.2 Å². The Bertz CT molecular complexity index is 307. The maximum atomic E-state index is 13.4. The van der Waals surface area contributed by atoms with Crippen molar-refractivity contribution in [2.45, 2.75) is 24.3 Å². The van der Waals surface area contributed by atoms with E-state index >= 15 is 0 Å². The molecule has 0 saturated heterocycles. The normalized spacial score (nSPS) is 14.2. The molecular weight excluding hydrogens is 257 g/mol. The van der Waals surface area contributed by atoms with Gasteiger partial charge >= 0.3 is 0 Å². The Balaban J connectivity index is 2.89. The molecule has 13 heavy (non-hydrogen) atoms. The Labute approximate surface area is 88.3 Å². The average molecular weight is 266 g/mol. The van der Waals surface area contributed by atoms with E-state index in [2.05, 4.69) is 20.9 Å². The molecule has 1 unspecified atom stereocenters. The fraction of sp³-hybridized carbons (Fsp3) is 0.500. The van der Waals surface area contributed by atoms with Crippen molar-refractivity contribution >= 4 is 33.6 Å². The maximum Gasteiger partial charge on any atom is 0.169 e. The van der Waals surface area contributed by atoms with Crippen molar-refractivity contribution in [3.8, 4) is 0 Å². The minimum absolute atomic E-state index is 0.355. The first-order valence-corrected chi connectivity index (χ1v) is 5.48. The third-order valence-corrected chi connectivity index (χ3v) is 4.23. The number of rotatable bonds is 3. The maximum absolute atomic E-state index is 13.4. The Morgan fingerprint density at radius 2 is 2.38 bits per heavy atom. The van der Waals surface area contributed by atoms with Crippen LogP contribution in [0.2, 0.25) is 0 Å². The van der Waals surface area contributed by atoms with Gasteiger partial charge in [0.2, 0.25) is 0 Å². The van der Waals surface area contributed by atoms with Crippen LogP contribution in [0.5, 0.6) is 0 Å². The molecule has 0 aliphatic rings. The SMILES string of the molecule is CC(C)(F)C(Br)c1nc(C=O)cs1. The smallest absolute Gasteiger partial charge is 0.169 e. The largest absolute Gasteiger partial charge is 0.296 e. The molecule has 0 spiro atoms. The average Bonchev–Trinajstić information content (AvgIpc) is 2.48. The molecule has 1 heterocycles. The molecule has 1 aromatic heterocycles. The Morgan fingerprint density at radius 3 is 2.77 bits per heavy atom. The molecule has 0 saturated carbocycles. The Kier molecular flexibility index (Phi) is 3.18. The Morgan fingerprint density at radius 1 is 1.77 bits per heavy atom. The number of aldehydes is 1. The lowest BCUT2D eigenvalue weighted by molar-refractivity contribution is 0.111. The van der Waals surface area contributed by atoms with Crippen LogP contribution in [0, 0.1) is 0 Å². The first-order valence-electron chi connectivity index (χ1n) is 3.68. The zero-order valence-electron chi connectivity index (χ0n) is 7.25. The molecule has 0 aromatic carbocycles. The summed E-state index contributed by atoms with van der Waals surface area (Å²) in [5, 5.41) is 2.21. The van der Waals surface area contributed by atoms with E-state index in [-0.39, 0.29) is 0 Å². The van der Waals surface area contributed by atoms with E-state index in [0.717, 1.165) is 0 Å². The lowest BCUT2D eigenvalue weighted by atomic mass is 10.1. The van der Waals surface area contributed by atoms with E-state index < -0.39 is 10.5 Å². The fourth-order valence-corrected chi connectivity index (χ4v) is 2.10. The van der Waals surface area contributed by atoms with Gasteiger partial charge in [0.25, 0.3) is 0 Å². The second-order valence-corrected chi connectivity index (χ2v) is 4.96. The predicted octanol–water partition coefficient (Wildman–Crippen LogP) is 3.14. The number of hydrogen-bond acceptors (Lipinski definition) is 3. The van der Waals surface area contributed by atoms with Gasteiger partial charge in [-0.25, -0.2) is 9.37 Å².